The molecule has 0 amide bonds. The van der Waals surface area contributed by atoms with E-state index in [9.17, 15) is 0 Å². The van der Waals surface area contributed by atoms with Crippen molar-refractivity contribution in [3.8, 4) is 0 Å². The molecule has 0 spiro atoms. The average molecular weight is 153 g/mol. The van der Waals surface area contributed by atoms with E-state index < -0.39 is 0 Å². The first-order valence-corrected chi connectivity index (χ1v) is 3.93. The Hall–Kier alpha value is -0.860. The Morgan fingerprint density at radius 1 is 1.45 bits per heavy atom. The highest BCUT2D eigenvalue weighted by Gasteiger charge is 2.10. The third kappa shape index (κ3) is 3.16. The van der Waals surface area contributed by atoms with Gasteiger partial charge in [0.2, 0.25) is 0 Å². The highest BCUT2D eigenvalue weighted by atomic mass is 15.3. The molecule has 0 aliphatic heterocycles. The van der Waals surface area contributed by atoms with Crippen LogP contribution in [0.5, 0.6) is 0 Å². The van der Waals surface area contributed by atoms with Gasteiger partial charge in [-0.2, -0.15) is 0 Å². The molecule has 3 heteroatoms. The lowest BCUT2D eigenvalue weighted by atomic mass is 9.90. The Bertz CT molecular complexity index is 196. The van der Waals surface area contributed by atoms with Gasteiger partial charge in [-0.1, -0.05) is 26.0 Å². The lowest BCUT2D eigenvalue weighted by molar-refractivity contribution is 0.376. The van der Waals surface area contributed by atoms with Gasteiger partial charge in [0.15, 0.2) is 0 Å². The molecule has 0 radical (unpaired) electrons. The zero-order valence-electron chi connectivity index (χ0n) is 7.39. The highest BCUT2D eigenvalue weighted by molar-refractivity contribution is 4.91. The number of rotatable bonds is 2. The Morgan fingerprint density at radius 2 is 2.18 bits per heavy atom. The summed E-state index contributed by atoms with van der Waals surface area (Å²) in [6, 6.07) is 0. The maximum Gasteiger partial charge on any atom is 0.0722 e. The summed E-state index contributed by atoms with van der Waals surface area (Å²) in [6.07, 6.45) is 3.99. The third-order valence-corrected chi connectivity index (χ3v) is 1.61. The van der Waals surface area contributed by atoms with E-state index in [0.717, 1.165) is 18.5 Å². The molecule has 3 nitrogen and oxygen atoms in total. The Kier molecular flexibility index (Phi) is 2.27. The molecule has 0 atom stereocenters. The minimum atomic E-state index is 0.394. The predicted molar refractivity (Wildman–Crippen MR) is 44.2 cm³/mol. The molecular formula is C8H15N3. The van der Waals surface area contributed by atoms with Crippen LogP contribution in [0.25, 0.3) is 0 Å². The lowest BCUT2D eigenvalue weighted by Gasteiger charge is -2.16. The smallest absolute Gasteiger partial charge is 0.0722 e. The standard InChI is InChI=1S/C8H15N3/c1-8(2,3)5-4-7-6-9-11-10-7/h6H,4-5H2,1-3H3,(H,9,10,11). The van der Waals surface area contributed by atoms with Gasteiger partial charge in [0.05, 0.1) is 11.9 Å². The first-order valence-electron chi connectivity index (χ1n) is 3.93. The van der Waals surface area contributed by atoms with Crippen molar-refractivity contribution >= 4 is 0 Å². The number of aromatic nitrogens is 3. The van der Waals surface area contributed by atoms with Crippen molar-refractivity contribution in [2.24, 2.45) is 5.41 Å². The minimum Gasteiger partial charge on any atom is -0.262 e. The summed E-state index contributed by atoms with van der Waals surface area (Å²) in [7, 11) is 0. The lowest BCUT2D eigenvalue weighted by Crippen LogP contribution is -2.06. The summed E-state index contributed by atoms with van der Waals surface area (Å²) < 4.78 is 0. The number of hydrogen-bond acceptors (Lipinski definition) is 2. The molecule has 1 heterocycles. The van der Waals surface area contributed by atoms with E-state index in [-0.39, 0.29) is 0 Å². The maximum absolute atomic E-state index is 3.72. The first-order chi connectivity index (χ1) is 5.08. The predicted octanol–water partition coefficient (Wildman–Crippen LogP) is 1.78. The van der Waals surface area contributed by atoms with Gasteiger partial charge in [-0.3, -0.25) is 5.10 Å². The number of aryl methyl sites for hydroxylation is 1. The Balaban J connectivity index is 2.35. The van der Waals surface area contributed by atoms with Crippen molar-refractivity contribution in [1.29, 1.82) is 0 Å². The fourth-order valence-corrected chi connectivity index (χ4v) is 0.851. The normalized spacial score (nSPS) is 11.9. The van der Waals surface area contributed by atoms with Gasteiger partial charge < -0.3 is 0 Å². The van der Waals surface area contributed by atoms with Crippen LogP contribution in [0.4, 0.5) is 0 Å². The van der Waals surface area contributed by atoms with Gasteiger partial charge >= 0.3 is 0 Å². The molecule has 1 aromatic heterocycles. The summed E-state index contributed by atoms with van der Waals surface area (Å²) in [5.74, 6) is 0. The number of aromatic amines is 1. The van der Waals surface area contributed by atoms with E-state index in [2.05, 4.69) is 36.2 Å². The van der Waals surface area contributed by atoms with Gasteiger partial charge in [-0.05, 0) is 18.3 Å². The van der Waals surface area contributed by atoms with Crippen LogP contribution in [-0.2, 0) is 6.42 Å². The van der Waals surface area contributed by atoms with Crippen molar-refractivity contribution in [3.63, 3.8) is 0 Å². The van der Waals surface area contributed by atoms with E-state index in [0.29, 0.717) is 5.41 Å². The van der Waals surface area contributed by atoms with Crippen molar-refractivity contribution in [1.82, 2.24) is 15.4 Å². The van der Waals surface area contributed by atoms with Gasteiger partial charge in [0.25, 0.3) is 0 Å². The highest BCUT2D eigenvalue weighted by Crippen LogP contribution is 2.20. The summed E-state index contributed by atoms with van der Waals surface area (Å²) in [5.41, 5.74) is 1.52. The topological polar surface area (TPSA) is 41.6 Å². The second-order valence-electron chi connectivity index (χ2n) is 4.04. The molecule has 0 aliphatic carbocycles. The monoisotopic (exact) mass is 153 g/mol. The molecular weight excluding hydrogens is 138 g/mol. The van der Waals surface area contributed by atoms with Crippen LogP contribution in [0.3, 0.4) is 0 Å². The molecule has 62 valence electrons. The molecule has 0 fully saturated rings. The van der Waals surface area contributed by atoms with E-state index in [1.165, 1.54) is 0 Å². The molecule has 0 saturated carbocycles. The molecule has 0 aromatic carbocycles. The fraction of sp³-hybridized carbons (Fsp3) is 0.750. The quantitative estimate of drug-likeness (QED) is 0.703. The van der Waals surface area contributed by atoms with Crippen LogP contribution >= 0.6 is 0 Å². The maximum atomic E-state index is 3.72. The molecule has 1 N–H and O–H groups in total. The summed E-state index contributed by atoms with van der Waals surface area (Å²) in [5, 5.41) is 10.2. The van der Waals surface area contributed by atoms with E-state index >= 15 is 0 Å². The fourth-order valence-electron chi connectivity index (χ4n) is 0.851. The van der Waals surface area contributed by atoms with Crippen LogP contribution < -0.4 is 0 Å². The second kappa shape index (κ2) is 3.03. The van der Waals surface area contributed by atoms with Gasteiger partial charge in [0.1, 0.15) is 0 Å². The van der Waals surface area contributed by atoms with E-state index in [4.69, 9.17) is 0 Å². The number of nitrogens with zero attached hydrogens (tertiary/aromatic N) is 2. The van der Waals surface area contributed by atoms with Crippen LogP contribution in [0.1, 0.15) is 32.9 Å². The summed E-state index contributed by atoms with van der Waals surface area (Å²) >= 11 is 0. The van der Waals surface area contributed by atoms with Gasteiger partial charge in [-0.25, -0.2) is 0 Å². The van der Waals surface area contributed by atoms with Gasteiger partial charge in [-0.15, -0.1) is 5.10 Å². The Labute approximate surface area is 67.2 Å². The molecule has 11 heavy (non-hydrogen) atoms. The van der Waals surface area contributed by atoms with Crippen LogP contribution in [-0.4, -0.2) is 15.4 Å². The van der Waals surface area contributed by atoms with Crippen molar-refractivity contribution in [3.05, 3.63) is 11.9 Å². The van der Waals surface area contributed by atoms with Crippen molar-refractivity contribution in [2.45, 2.75) is 33.6 Å². The number of nitrogens with one attached hydrogen (secondary N) is 1. The zero-order valence-corrected chi connectivity index (χ0v) is 7.39. The largest absolute Gasteiger partial charge is 0.262 e. The molecule has 0 aliphatic rings. The van der Waals surface area contributed by atoms with Crippen LogP contribution in [0.2, 0.25) is 0 Å². The first kappa shape index (κ1) is 8.24. The van der Waals surface area contributed by atoms with Gasteiger partial charge in [0, 0.05) is 0 Å². The number of H-pyrrole nitrogens is 1. The minimum absolute atomic E-state index is 0.394. The molecule has 0 saturated heterocycles. The molecule has 0 unspecified atom stereocenters. The zero-order chi connectivity index (χ0) is 8.32. The second-order valence-corrected chi connectivity index (χ2v) is 4.04. The van der Waals surface area contributed by atoms with E-state index in [1.54, 1.807) is 6.20 Å². The van der Waals surface area contributed by atoms with Crippen LogP contribution in [0, 0.1) is 5.41 Å². The summed E-state index contributed by atoms with van der Waals surface area (Å²) in [4.78, 5) is 0. The summed E-state index contributed by atoms with van der Waals surface area (Å²) in [6.45, 7) is 6.70. The molecule has 1 aromatic rings. The van der Waals surface area contributed by atoms with E-state index in [1.807, 2.05) is 0 Å². The SMILES string of the molecule is CC(C)(C)CCc1cnn[nH]1. The average Bonchev–Trinajstić information content (AvgIpc) is 2.32. The molecule has 1 rings (SSSR count). The van der Waals surface area contributed by atoms with Crippen molar-refractivity contribution in [2.75, 3.05) is 0 Å². The molecule has 0 bridgehead atoms. The van der Waals surface area contributed by atoms with Crippen LogP contribution in [0.15, 0.2) is 6.20 Å². The third-order valence-electron chi connectivity index (χ3n) is 1.61. The van der Waals surface area contributed by atoms with Crippen molar-refractivity contribution < 1.29 is 0 Å². The number of hydrogen-bond donors (Lipinski definition) is 1. The Morgan fingerprint density at radius 3 is 2.64 bits per heavy atom.